The number of rotatable bonds is 10. The fourth-order valence-corrected chi connectivity index (χ4v) is 3.72. The number of para-hydroxylation sites is 1. The average Bonchev–Trinajstić information content (AvgIpc) is 3.16. The topological polar surface area (TPSA) is 98.1 Å². The number of hydrogen-bond donors (Lipinski definition) is 2. The van der Waals surface area contributed by atoms with Crippen LogP contribution in [-0.4, -0.2) is 39.4 Å². The van der Waals surface area contributed by atoms with Gasteiger partial charge < -0.3 is 19.9 Å². The summed E-state index contributed by atoms with van der Waals surface area (Å²) < 4.78 is 6.87. The molecule has 0 aliphatic carbocycles. The normalized spacial score (nSPS) is 10.4. The summed E-state index contributed by atoms with van der Waals surface area (Å²) in [7, 11) is 1.58. The number of carbonyl (C=O) groups is 2. The summed E-state index contributed by atoms with van der Waals surface area (Å²) in [6.07, 6.45) is 1.71. The molecule has 2 N–H and O–H groups in total. The predicted octanol–water partition coefficient (Wildman–Crippen LogP) is 4.04. The number of allylic oxidation sites excluding steroid dienone is 1. The van der Waals surface area contributed by atoms with Crippen LogP contribution in [0.3, 0.4) is 0 Å². The molecule has 0 aliphatic heterocycles. The van der Waals surface area contributed by atoms with Crippen LogP contribution in [0.2, 0.25) is 5.02 Å². The largest absolute Gasteiger partial charge is 0.497 e. The van der Waals surface area contributed by atoms with E-state index in [0.29, 0.717) is 39.7 Å². The Labute approximate surface area is 195 Å². The third kappa shape index (κ3) is 6.35. The zero-order valence-electron chi connectivity index (χ0n) is 17.4. The van der Waals surface area contributed by atoms with Crippen LogP contribution >= 0.6 is 23.4 Å². The first-order valence-corrected chi connectivity index (χ1v) is 11.0. The molecule has 1 heterocycles. The van der Waals surface area contributed by atoms with Gasteiger partial charge in [0.15, 0.2) is 5.16 Å². The molecule has 0 bridgehead atoms. The summed E-state index contributed by atoms with van der Waals surface area (Å²) in [5.41, 5.74) is 1.19. The molecule has 0 atom stereocenters. The number of halogens is 1. The quantitative estimate of drug-likeness (QED) is 0.342. The Morgan fingerprint density at radius 3 is 2.56 bits per heavy atom. The number of thioether (sulfide) groups is 1. The first kappa shape index (κ1) is 23.4. The maximum absolute atomic E-state index is 12.5. The van der Waals surface area contributed by atoms with Crippen molar-refractivity contribution in [2.24, 2.45) is 0 Å². The van der Waals surface area contributed by atoms with Crippen molar-refractivity contribution in [2.45, 2.75) is 18.1 Å². The van der Waals surface area contributed by atoms with E-state index in [1.807, 2.05) is 0 Å². The van der Waals surface area contributed by atoms with Crippen molar-refractivity contribution < 1.29 is 14.3 Å². The van der Waals surface area contributed by atoms with E-state index in [1.54, 1.807) is 66.3 Å². The fourth-order valence-electron chi connectivity index (χ4n) is 2.77. The van der Waals surface area contributed by atoms with E-state index in [9.17, 15) is 9.59 Å². The Morgan fingerprint density at radius 1 is 1.12 bits per heavy atom. The molecular formula is C22H22ClN5O3S. The molecule has 1 aromatic heterocycles. The van der Waals surface area contributed by atoms with Gasteiger partial charge >= 0.3 is 0 Å². The van der Waals surface area contributed by atoms with E-state index in [0.717, 1.165) is 0 Å². The lowest BCUT2D eigenvalue weighted by Crippen LogP contribution is -2.18. The summed E-state index contributed by atoms with van der Waals surface area (Å²) in [6, 6.07) is 14.0. The Kier molecular flexibility index (Phi) is 8.29. The third-order valence-electron chi connectivity index (χ3n) is 4.28. The smallest absolute Gasteiger partial charge is 0.234 e. The Bertz CT molecular complexity index is 1100. The van der Waals surface area contributed by atoms with Crippen LogP contribution < -0.4 is 15.4 Å². The highest BCUT2D eigenvalue weighted by Crippen LogP contribution is 2.22. The molecular weight excluding hydrogens is 450 g/mol. The molecule has 0 unspecified atom stereocenters. The van der Waals surface area contributed by atoms with Crippen LogP contribution in [0.4, 0.5) is 11.4 Å². The van der Waals surface area contributed by atoms with Gasteiger partial charge in [0.2, 0.25) is 11.8 Å². The first-order chi connectivity index (χ1) is 15.5. The number of nitrogens with zero attached hydrogens (tertiary/aromatic N) is 3. The van der Waals surface area contributed by atoms with Crippen LogP contribution in [0.1, 0.15) is 5.82 Å². The monoisotopic (exact) mass is 471 g/mol. The van der Waals surface area contributed by atoms with Gasteiger partial charge in [-0.1, -0.05) is 41.6 Å². The molecule has 0 spiro atoms. The van der Waals surface area contributed by atoms with Gasteiger partial charge in [-0.3, -0.25) is 9.59 Å². The standard InChI is InChI=1S/C22H22ClN5O3S/c1-3-12-28-19(13-20(29)24-15-8-10-16(31-2)11-9-15)26-27-22(28)32-14-21(30)25-18-7-5-4-6-17(18)23/h3-11H,1,12-14H2,2H3,(H,24,29)(H,25,30). The minimum Gasteiger partial charge on any atom is -0.497 e. The summed E-state index contributed by atoms with van der Waals surface area (Å²) in [5, 5.41) is 14.8. The SMILES string of the molecule is C=CCn1c(CC(=O)Nc2ccc(OC)cc2)nnc1SCC(=O)Nc1ccccc1Cl. The molecule has 166 valence electrons. The molecule has 2 aromatic carbocycles. The van der Waals surface area contributed by atoms with E-state index >= 15 is 0 Å². The first-order valence-electron chi connectivity index (χ1n) is 9.64. The molecule has 2 amide bonds. The minimum atomic E-state index is -0.235. The van der Waals surface area contributed by atoms with Gasteiger partial charge in [0.25, 0.3) is 0 Å². The Morgan fingerprint density at radius 2 is 1.88 bits per heavy atom. The van der Waals surface area contributed by atoms with Gasteiger partial charge in [-0.2, -0.15) is 0 Å². The van der Waals surface area contributed by atoms with Crippen LogP contribution in [0, 0.1) is 0 Å². The number of methoxy groups -OCH3 is 1. The Hall–Kier alpha value is -3.30. The highest BCUT2D eigenvalue weighted by atomic mass is 35.5. The van der Waals surface area contributed by atoms with Gasteiger partial charge in [-0.25, -0.2) is 0 Å². The van der Waals surface area contributed by atoms with Gasteiger partial charge in [-0.15, -0.1) is 16.8 Å². The number of carbonyl (C=O) groups excluding carboxylic acids is 2. The molecule has 3 rings (SSSR count). The molecule has 3 aromatic rings. The third-order valence-corrected chi connectivity index (χ3v) is 5.57. The number of nitrogens with one attached hydrogen (secondary N) is 2. The van der Waals surface area contributed by atoms with Crippen molar-refractivity contribution in [2.75, 3.05) is 23.5 Å². The van der Waals surface area contributed by atoms with Gasteiger partial charge in [-0.05, 0) is 36.4 Å². The van der Waals surface area contributed by atoms with Crippen LogP contribution in [0.25, 0.3) is 0 Å². The number of anilines is 2. The van der Waals surface area contributed by atoms with Gasteiger partial charge in [0.1, 0.15) is 11.6 Å². The van der Waals surface area contributed by atoms with Crippen molar-refractivity contribution in [3.63, 3.8) is 0 Å². The second-order valence-corrected chi connectivity index (χ2v) is 7.92. The lowest BCUT2D eigenvalue weighted by Gasteiger charge is -2.09. The second kappa shape index (κ2) is 11.4. The predicted molar refractivity (Wildman–Crippen MR) is 126 cm³/mol. The zero-order valence-corrected chi connectivity index (χ0v) is 18.9. The molecule has 0 saturated carbocycles. The summed E-state index contributed by atoms with van der Waals surface area (Å²) in [5.74, 6) is 0.827. The van der Waals surface area contributed by atoms with Crippen molar-refractivity contribution in [1.29, 1.82) is 0 Å². The van der Waals surface area contributed by atoms with Crippen molar-refractivity contribution in [3.8, 4) is 5.75 Å². The number of amides is 2. The number of hydrogen-bond acceptors (Lipinski definition) is 6. The maximum Gasteiger partial charge on any atom is 0.234 e. The lowest BCUT2D eigenvalue weighted by molar-refractivity contribution is -0.116. The van der Waals surface area contributed by atoms with E-state index in [1.165, 1.54) is 11.8 Å². The lowest BCUT2D eigenvalue weighted by atomic mass is 10.3. The van der Waals surface area contributed by atoms with Gasteiger partial charge in [0, 0.05) is 12.2 Å². The van der Waals surface area contributed by atoms with E-state index in [-0.39, 0.29) is 24.0 Å². The highest BCUT2D eigenvalue weighted by Gasteiger charge is 2.17. The summed E-state index contributed by atoms with van der Waals surface area (Å²) in [4.78, 5) is 24.8. The van der Waals surface area contributed by atoms with Gasteiger partial charge in [0.05, 0.1) is 30.0 Å². The molecule has 0 aliphatic rings. The minimum absolute atomic E-state index is 0.0270. The number of ether oxygens (including phenoxy) is 1. The van der Waals surface area contributed by atoms with Crippen molar-refractivity contribution >= 4 is 46.6 Å². The van der Waals surface area contributed by atoms with Crippen LogP contribution in [0.5, 0.6) is 5.75 Å². The molecule has 0 fully saturated rings. The highest BCUT2D eigenvalue weighted by molar-refractivity contribution is 7.99. The molecule has 0 saturated heterocycles. The van der Waals surface area contributed by atoms with E-state index < -0.39 is 0 Å². The fraction of sp³-hybridized carbons (Fsp3) is 0.182. The second-order valence-electron chi connectivity index (χ2n) is 6.57. The zero-order chi connectivity index (χ0) is 22.9. The molecule has 32 heavy (non-hydrogen) atoms. The summed E-state index contributed by atoms with van der Waals surface area (Å²) in [6.45, 7) is 4.16. The Balaban J connectivity index is 1.61. The molecule has 10 heteroatoms. The van der Waals surface area contributed by atoms with E-state index in [4.69, 9.17) is 16.3 Å². The number of benzene rings is 2. The van der Waals surface area contributed by atoms with Crippen LogP contribution in [0.15, 0.2) is 66.3 Å². The van der Waals surface area contributed by atoms with Crippen molar-refractivity contribution in [3.05, 3.63) is 72.0 Å². The molecule has 0 radical (unpaired) electrons. The molecule has 8 nitrogen and oxygen atoms in total. The average molecular weight is 472 g/mol. The summed E-state index contributed by atoms with van der Waals surface area (Å²) >= 11 is 7.29. The van der Waals surface area contributed by atoms with Crippen LogP contribution in [-0.2, 0) is 22.6 Å². The van der Waals surface area contributed by atoms with Crippen molar-refractivity contribution in [1.82, 2.24) is 14.8 Å². The number of aromatic nitrogens is 3. The van der Waals surface area contributed by atoms with E-state index in [2.05, 4.69) is 27.4 Å². The maximum atomic E-state index is 12.5.